The number of nitrogens with zero attached hydrogens (tertiary/aromatic N) is 4. The molecule has 1 aromatic carbocycles. The summed E-state index contributed by atoms with van der Waals surface area (Å²) in [6.45, 7) is 3.04. The average molecular weight is 390 g/mol. The maximum absolute atomic E-state index is 12.5. The second kappa shape index (κ2) is 8.66. The number of nitrogens with one attached hydrogen (secondary N) is 2. The van der Waals surface area contributed by atoms with Crippen molar-refractivity contribution in [3.63, 3.8) is 0 Å². The summed E-state index contributed by atoms with van der Waals surface area (Å²) in [5.41, 5.74) is 3.08. The zero-order valence-electron chi connectivity index (χ0n) is 16.1. The van der Waals surface area contributed by atoms with Crippen molar-refractivity contribution < 1.29 is 9.53 Å². The minimum Gasteiger partial charge on any atom is -0.497 e. The van der Waals surface area contributed by atoms with Gasteiger partial charge in [0.05, 0.1) is 19.0 Å². The second-order valence-electron chi connectivity index (χ2n) is 6.62. The van der Waals surface area contributed by atoms with Crippen LogP contribution in [0.3, 0.4) is 0 Å². The van der Waals surface area contributed by atoms with Crippen LogP contribution in [0.1, 0.15) is 10.5 Å². The van der Waals surface area contributed by atoms with Crippen LogP contribution in [0.15, 0.2) is 55.0 Å². The number of hydrogen-bond donors (Lipinski definition) is 2. The average Bonchev–Trinajstić information content (AvgIpc) is 2.80. The van der Waals surface area contributed by atoms with E-state index < -0.39 is 0 Å². The molecule has 2 aromatic heterocycles. The fourth-order valence-corrected chi connectivity index (χ4v) is 3.08. The monoisotopic (exact) mass is 390 g/mol. The Bertz CT molecular complexity index is 952. The fourth-order valence-electron chi connectivity index (χ4n) is 3.08. The van der Waals surface area contributed by atoms with Gasteiger partial charge in [0.15, 0.2) is 0 Å². The van der Waals surface area contributed by atoms with E-state index in [0.29, 0.717) is 24.7 Å². The molecular formula is C21H22N6O2. The molecule has 0 atom stereocenters. The summed E-state index contributed by atoms with van der Waals surface area (Å²) in [5, 5.41) is 6.34. The zero-order valence-corrected chi connectivity index (χ0v) is 16.1. The second-order valence-corrected chi connectivity index (χ2v) is 6.62. The van der Waals surface area contributed by atoms with Gasteiger partial charge in [0.2, 0.25) is 5.95 Å². The molecule has 1 fully saturated rings. The Balaban J connectivity index is 1.40. The molecule has 0 unspecified atom stereocenters. The van der Waals surface area contributed by atoms with Crippen molar-refractivity contribution in [2.24, 2.45) is 0 Å². The minimum atomic E-state index is -0.0434. The van der Waals surface area contributed by atoms with Crippen molar-refractivity contribution in [2.45, 2.75) is 0 Å². The number of benzene rings is 1. The summed E-state index contributed by atoms with van der Waals surface area (Å²) in [6.07, 6.45) is 5.13. The third-order valence-electron chi connectivity index (χ3n) is 4.72. The Morgan fingerprint density at radius 3 is 2.31 bits per heavy atom. The number of rotatable bonds is 5. The molecule has 0 aliphatic carbocycles. The Morgan fingerprint density at radius 1 is 0.966 bits per heavy atom. The summed E-state index contributed by atoms with van der Waals surface area (Å²) in [7, 11) is 1.64. The SMILES string of the molecule is COc1ccc(-c2cnc(Nc3ccc(C(=O)N4CCNCC4)nc3)nc2)cc1. The van der Waals surface area contributed by atoms with Gasteiger partial charge < -0.3 is 20.3 Å². The van der Waals surface area contributed by atoms with E-state index in [4.69, 9.17) is 4.74 Å². The van der Waals surface area contributed by atoms with Crippen LogP contribution in [0.2, 0.25) is 0 Å². The number of anilines is 2. The van der Waals surface area contributed by atoms with Gasteiger partial charge in [-0.3, -0.25) is 4.79 Å². The molecule has 0 spiro atoms. The first-order chi connectivity index (χ1) is 14.2. The van der Waals surface area contributed by atoms with E-state index in [1.807, 2.05) is 35.2 Å². The quantitative estimate of drug-likeness (QED) is 0.691. The molecule has 1 aliphatic heterocycles. The number of piperazine rings is 1. The molecule has 29 heavy (non-hydrogen) atoms. The Morgan fingerprint density at radius 2 is 1.69 bits per heavy atom. The first-order valence-corrected chi connectivity index (χ1v) is 9.42. The van der Waals surface area contributed by atoms with Crippen LogP contribution in [0.25, 0.3) is 11.1 Å². The maximum atomic E-state index is 12.5. The zero-order chi connectivity index (χ0) is 20.1. The van der Waals surface area contributed by atoms with Crippen molar-refractivity contribution >= 4 is 17.5 Å². The standard InChI is InChI=1S/C21H22N6O2/c1-29-18-5-2-15(3-6-18)16-12-24-21(25-13-16)26-17-4-7-19(23-14-17)20(28)27-10-8-22-9-11-27/h2-7,12-14,22H,8-11H2,1H3,(H,24,25,26). The lowest BCUT2D eigenvalue weighted by atomic mass is 10.1. The molecule has 3 heterocycles. The van der Waals surface area contributed by atoms with Crippen LogP contribution >= 0.6 is 0 Å². The third-order valence-corrected chi connectivity index (χ3v) is 4.72. The number of ether oxygens (including phenoxy) is 1. The molecule has 4 rings (SSSR count). The Kier molecular flexibility index (Phi) is 5.62. The molecule has 0 saturated carbocycles. The van der Waals surface area contributed by atoms with Gasteiger partial charge in [-0.2, -0.15) is 0 Å². The van der Waals surface area contributed by atoms with Crippen LogP contribution in [0, 0.1) is 0 Å². The molecule has 1 saturated heterocycles. The highest BCUT2D eigenvalue weighted by Gasteiger charge is 2.18. The Labute approximate surface area is 169 Å². The van der Waals surface area contributed by atoms with E-state index in [1.165, 1.54) is 0 Å². The number of amides is 1. The van der Waals surface area contributed by atoms with Crippen molar-refractivity contribution in [2.75, 3.05) is 38.6 Å². The number of hydrogen-bond acceptors (Lipinski definition) is 7. The van der Waals surface area contributed by atoms with Gasteiger partial charge in [-0.15, -0.1) is 0 Å². The predicted molar refractivity (Wildman–Crippen MR) is 110 cm³/mol. The molecule has 0 radical (unpaired) electrons. The van der Waals surface area contributed by atoms with Gasteiger partial charge in [0.25, 0.3) is 5.91 Å². The smallest absolute Gasteiger partial charge is 0.272 e. The molecule has 1 amide bonds. The fraction of sp³-hybridized carbons (Fsp3) is 0.238. The largest absolute Gasteiger partial charge is 0.497 e. The van der Waals surface area contributed by atoms with E-state index in [2.05, 4.69) is 25.6 Å². The highest BCUT2D eigenvalue weighted by molar-refractivity contribution is 5.92. The summed E-state index contributed by atoms with van der Waals surface area (Å²) >= 11 is 0. The van der Waals surface area contributed by atoms with Gasteiger partial charge in [-0.25, -0.2) is 15.0 Å². The van der Waals surface area contributed by atoms with Crippen LogP contribution < -0.4 is 15.4 Å². The van der Waals surface area contributed by atoms with Crippen LogP contribution in [-0.4, -0.2) is 59.0 Å². The molecular weight excluding hydrogens is 368 g/mol. The Hall–Kier alpha value is -3.52. The summed E-state index contributed by atoms with van der Waals surface area (Å²) in [6, 6.07) is 11.2. The van der Waals surface area contributed by atoms with E-state index in [1.54, 1.807) is 31.8 Å². The number of aromatic nitrogens is 3. The first-order valence-electron chi connectivity index (χ1n) is 9.42. The van der Waals surface area contributed by atoms with Crippen LogP contribution in [0.4, 0.5) is 11.6 Å². The maximum Gasteiger partial charge on any atom is 0.272 e. The first kappa shape index (κ1) is 18.8. The molecule has 148 valence electrons. The van der Waals surface area contributed by atoms with E-state index in [9.17, 15) is 4.79 Å². The van der Waals surface area contributed by atoms with Crippen molar-refractivity contribution in [3.05, 3.63) is 60.7 Å². The lowest BCUT2D eigenvalue weighted by Crippen LogP contribution is -2.46. The molecule has 8 nitrogen and oxygen atoms in total. The van der Waals surface area contributed by atoms with Crippen molar-refractivity contribution in [1.29, 1.82) is 0 Å². The molecule has 0 bridgehead atoms. The number of carbonyl (C=O) groups is 1. The van der Waals surface area contributed by atoms with Gasteiger partial charge in [0, 0.05) is 44.1 Å². The lowest BCUT2D eigenvalue weighted by Gasteiger charge is -2.27. The highest BCUT2D eigenvalue weighted by atomic mass is 16.5. The van der Waals surface area contributed by atoms with Crippen molar-refractivity contribution in [3.8, 4) is 16.9 Å². The van der Waals surface area contributed by atoms with E-state index in [-0.39, 0.29) is 5.91 Å². The molecule has 2 N–H and O–H groups in total. The number of methoxy groups -OCH3 is 1. The predicted octanol–water partition coefficient (Wildman–Crippen LogP) is 2.34. The molecule has 8 heteroatoms. The number of pyridine rings is 1. The third kappa shape index (κ3) is 4.49. The highest BCUT2D eigenvalue weighted by Crippen LogP contribution is 2.22. The van der Waals surface area contributed by atoms with E-state index in [0.717, 1.165) is 35.7 Å². The summed E-state index contributed by atoms with van der Waals surface area (Å²) < 4.78 is 5.17. The van der Waals surface area contributed by atoms with Crippen LogP contribution in [0.5, 0.6) is 5.75 Å². The topological polar surface area (TPSA) is 92.3 Å². The van der Waals surface area contributed by atoms with Crippen molar-refractivity contribution in [1.82, 2.24) is 25.2 Å². The van der Waals surface area contributed by atoms with Crippen LogP contribution in [-0.2, 0) is 0 Å². The summed E-state index contributed by atoms with van der Waals surface area (Å²) in [4.78, 5) is 27.3. The molecule has 1 aliphatic rings. The van der Waals surface area contributed by atoms with E-state index >= 15 is 0 Å². The van der Waals surface area contributed by atoms with Gasteiger partial charge in [-0.05, 0) is 29.8 Å². The van der Waals surface area contributed by atoms with Gasteiger partial charge in [-0.1, -0.05) is 12.1 Å². The van der Waals surface area contributed by atoms with Gasteiger partial charge in [0.1, 0.15) is 11.4 Å². The molecule has 3 aromatic rings. The lowest BCUT2D eigenvalue weighted by molar-refractivity contribution is 0.0730. The summed E-state index contributed by atoms with van der Waals surface area (Å²) in [5.74, 6) is 1.22. The minimum absolute atomic E-state index is 0.0434. The normalized spacial score (nSPS) is 13.8. The van der Waals surface area contributed by atoms with Gasteiger partial charge >= 0.3 is 0 Å². The number of carbonyl (C=O) groups excluding carboxylic acids is 1.